The molecule has 1 fully saturated rings. The summed E-state index contributed by atoms with van der Waals surface area (Å²) in [5, 5.41) is 4.47. The number of fused-ring (bicyclic) bond motifs is 1. The van der Waals surface area contributed by atoms with Gasteiger partial charge in [-0.2, -0.15) is 0 Å². The lowest BCUT2D eigenvalue weighted by Gasteiger charge is -2.32. The molecular weight excluding hydrogens is 354 g/mol. The van der Waals surface area contributed by atoms with E-state index in [1.165, 1.54) is 6.08 Å². The minimum absolute atomic E-state index is 0.0279. The summed E-state index contributed by atoms with van der Waals surface area (Å²) in [7, 11) is 1.65. The van der Waals surface area contributed by atoms with E-state index in [9.17, 15) is 4.79 Å². The van der Waals surface area contributed by atoms with E-state index in [-0.39, 0.29) is 11.9 Å². The maximum atomic E-state index is 12.0. The van der Waals surface area contributed by atoms with Crippen molar-refractivity contribution in [2.75, 3.05) is 25.5 Å². The van der Waals surface area contributed by atoms with E-state index in [1.54, 1.807) is 13.4 Å². The highest BCUT2D eigenvalue weighted by molar-refractivity contribution is 6.01. The molecule has 0 aliphatic carbocycles. The van der Waals surface area contributed by atoms with Crippen LogP contribution in [0.3, 0.4) is 0 Å². The van der Waals surface area contributed by atoms with Gasteiger partial charge in [-0.3, -0.25) is 4.79 Å². The molecule has 1 aromatic carbocycles. The Kier molecular flexibility index (Phi) is 4.97. The average Bonchev–Trinajstić information content (AvgIpc) is 3.18. The normalized spacial score (nSPS) is 16.8. The van der Waals surface area contributed by atoms with Crippen LogP contribution in [0.15, 0.2) is 49.4 Å². The molecule has 1 atom stereocenters. The number of methoxy groups -OCH3 is 1. The number of amides is 1. The summed E-state index contributed by atoms with van der Waals surface area (Å²) >= 11 is 0. The van der Waals surface area contributed by atoms with Crippen molar-refractivity contribution < 1.29 is 9.53 Å². The summed E-state index contributed by atoms with van der Waals surface area (Å²) in [4.78, 5) is 25.9. The molecule has 3 heterocycles. The zero-order valence-electron chi connectivity index (χ0n) is 15.8. The smallest absolute Gasteiger partial charge is 0.246 e. The zero-order chi connectivity index (χ0) is 19.5. The van der Waals surface area contributed by atoms with Gasteiger partial charge >= 0.3 is 0 Å². The number of carbonyl (C=O) groups is 1. The fourth-order valence-electron chi connectivity index (χ4n) is 3.69. The number of hydrogen-bond acceptors (Lipinski definition) is 5. The molecule has 28 heavy (non-hydrogen) atoms. The molecule has 0 bridgehead atoms. The maximum Gasteiger partial charge on any atom is 0.246 e. The van der Waals surface area contributed by atoms with Crippen molar-refractivity contribution in [3.8, 4) is 16.9 Å². The molecule has 1 unspecified atom stereocenters. The number of benzene rings is 1. The van der Waals surface area contributed by atoms with Gasteiger partial charge in [-0.05, 0) is 36.6 Å². The molecular formula is C21H23N5O2. The third-order valence-electron chi connectivity index (χ3n) is 5.12. The maximum absolute atomic E-state index is 12.0. The zero-order valence-corrected chi connectivity index (χ0v) is 15.8. The van der Waals surface area contributed by atoms with Crippen molar-refractivity contribution in [1.29, 1.82) is 0 Å². The first kappa shape index (κ1) is 18.0. The van der Waals surface area contributed by atoms with E-state index in [0.29, 0.717) is 6.54 Å². The third kappa shape index (κ3) is 3.43. The summed E-state index contributed by atoms with van der Waals surface area (Å²) in [5.41, 5.74) is 2.85. The van der Waals surface area contributed by atoms with Gasteiger partial charge in [0.25, 0.3) is 0 Å². The van der Waals surface area contributed by atoms with Crippen LogP contribution in [0.1, 0.15) is 12.8 Å². The first-order valence-electron chi connectivity index (χ1n) is 9.34. The number of piperidine rings is 1. The Labute approximate surface area is 163 Å². The molecule has 4 rings (SSSR count). The highest BCUT2D eigenvalue weighted by Gasteiger charge is 2.23. The Bertz CT molecular complexity index is 996. The quantitative estimate of drug-likeness (QED) is 0.667. The number of hydrogen-bond donors (Lipinski definition) is 2. The summed E-state index contributed by atoms with van der Waals surface area (Å²) in [6.45, 7) is 5.00. The van der Waals surface area contributed by atoms with Gasteiger partial charge in [0, 0.05) is 30.9 Å². The van der Waals surface area contributed by atoms with Crippen LogP contribution in [0.5, 0.6) is 5.75 Å². The van der Waals surface area contributed by atoms with Gasteiger partial charge in [-0.1, -0.05) is 18.7 Å². The first-order valence-corrected chi connectivity index (χ1v) is 9.34. The van der Waals surface area contributed by atoms with E-state index in [0.717, 1.165) is 53.1 Å². The second-order valence-electron chi connectivity index (χ2n) is 6.85. The predicted octanol–water partition coefficient (Wildman–Crippen LogP) is 3.22. The Morgan fingerprint density at radius 3 is 2.93 bits per heavy atom. The highest BCUT2D eigenvalue weighted by Crippen LogP contribution is 2.33. The Balaban J connectivity index is 1.65. The number of nitrogens with one attached hydrogen (secondary N) is 2. The summed E-state index contributed by atoms with van der Waals surface area (Å²) in [6, 6.07) is 8.04. The molecule has 1 saturated heterocycles. The molecule has 0 radical (unpaired) electrons. The van der Waals surface area contributed by atoms with Gasteiger partial charge in [0.2, 0.25) is 5.91 Å². The van der Waals surface area contributed by atoms with Gasteiger partial charge in [0.1, 0.15) is 23.5 Å². The number of aromatic nitrogens is 3. The second kappa shape index (κ2) is 7.72. The Morgan fingerprint density at radius 1 is 1.36 bits per heavy atom. The molecule has 7 heteroatoms. The predicted molar refractivity (Wildman–Crippen MR) is 109 cm³/mol. The number of aromatic amines is 1. The fourth-order valence-corrected chi connectivity index (χ4v) is 3.69. The molecule has 2 N–H and O–H groups in total. The van der Waals surface area contributed by atoms with Gasteiger partial charge < -0.3 is 19.9 Å². The van der Waals surface area contributed by atoms with Crippen molar-refractivity contribution in [1.82, 2.24) is 19.9 Å². The van der Waals surface area contributed by atoms with Crippen LogP contribution in [0.25, 0.3) is 22.2 Å². The van der Waals surface area contributed by atoms with E-state index < -0.39 is 0 Å². The minimum atomic E-state index is -0.0279. The van der Waals surface area contributed by atoms with Crippen molar-refractivity contribution in [3.63, 3.8) is 0 Å². The molecule has 2 aromatic heterocycles. The Hall–Kier alpha value is -3.35. The van der Waals surface area contributed by atoms with Crippen LogP contribution >= 0.6 is 0 Å². The summed E-state index contributed by atoms with van der Waals surface area (Å²) < 4.78 is 5.25. The molecule has 1 aliphatic rings. The number of rotatable bonds is 5. The topological polar surface area (TPSA) is 83.1 Å². The second-order valence-corrected chi connectivity index (χ2v) is 6.85. The third-order valence-corrected chi connectivity index (χ3v) is 5.12. The van der Waals surface area contributed by atoms with Gasteiger partial charge in [-0.25, -0.2) is 9.97 Å². The largest absolute Gasteiger partial charge is 0.497 e. The van der Waals surface area contributed by atoms with Crippen LogP contribution in [0.4, 0.5) is 5.82 Å². The van der Waals surface area contributed by atoms with E-state index in [4.69, 9.17) is 4.74 Å². The van der Waals surface area contributed by atoms with Crippen molar-refractivity contribution in [2.24, 2.45) is 0 Å². The Morgan fingerprint density at radius 2 is 2.18 bits per heavy atom. The van der Waals surface area contributed by atoms with E-state index in [1.807, 2.05) is 35.4 Å². The molecule has 0 saturated carbocycles. The molecule has 3 aromatic rings. The number of H-pyrrole nitrogens is 1. The fraction of sp³-hybridized carbons (Fsp3) is 0.286. The van der Waals surface area contributed by atoms with Crippen molar-refractivity contribution >= 4 is 22.8 Å². The summed E-state index contributed by atoms with van der Waals surface area (Å²) in [6.07, 6.45) is 6.80. The van der Waals surface area contributed by atoms with Gasteiger partial charge in [0.05, 0.1) is 12.5 Å². The number of carbonyl (C=O) groups excluding carboxylic acids is 1. The first-order chi connectivity index (χ1) is 13.7. The number of nitrogens with zero attached hydrogens (tertiary/aromatic N) is 3. The number of ether oxygens (including phenoxy) is 1. The molecule has 1 amide bonds. The van der Waals surface area contributed by atoms with Crippen LogP contribution in [-0.4, -0.2) is 52.0 Å². The standard InChI is InChI=1S/C21H23N5O2/c1-3-18(27)26-10-4-5-15(12-26)25-21-19-17(11-22-20(19)23-13-24-21)14-6-8-16(28-2)9-7-14/h3,6-9,11,13,15H,1,4-5,10,12H2,2H3,(H2,22,23,24,25). The van der Waals surface area contributed by atoms with Crippen LogP contribution in [-0.2, 0) is 4.79 Å². The summed E-state index contributed by atoms with van der Waals surface area (Å²) in [5.74, 6) is 1.56. The van der Waals surface area contributed by atoms with Crippen molar-refractivity contribution in [3.05, 3.63) is 49.4 Å². The number of anilines is 1. The van der Waals surface area contributed by atoms with E-state index >= 15 is 0 Å². The number of likely N-dealkylation sites (tertiary alicyclic amines) is 1. The van der Waals surface area contributed by atoms with Crippen LogP contribution in [0, 0.1) is 0 Å². The SMILES string of the molecule is C=CC(=O)N1CCCC(Nc2ncnc3[nH]cc(-c4ccc(OC)cc4)c23)C1. The van der Waals surface area contributed by atoms with Gasteiger partial charge in [-0.15, -0.1) is 0 Å². The van der Waals surface area contributed by atoms with Crippen LogP contribution in [0.2, 0.25) is 0 Å². The molecule has 1 aliphatic heterocycles. The monoisotopic (exact) mass is 377 g/mol. The van der Waals surface area contributed by atoms with Crippen LogP contribution < -0.4 is 10.1 Å². The molecule has 144 valence electrons. The molecule has 7 nitrogen and oxygen atoms in total. The van der Waals surface area contributed by atoms with Crippen molar-refractivity contribution in [2.45, 2.75) is 18.9 Å². The highest BCUT2D eigenvalue weighted by atomic mass is 16.5. The molecule has 0 spiro atoms. The average molecular weight is 377 g/mol. The van der Waals surface area contributed by atoms with E-state index in [2.05, 4.69) is 26.8 Å². The lowest BCUT2D eigenvalue weighted by Crippen LogP contribution is -2.44. The minimum Gasteiger partial charge on any atom is -0.497 e. The lowest BCUT2D eigenvalue weighted by molar-refractivity contribution is -0.127. The van der Waals surface area contributed by atoms with Gasteiger partial charge in [0.15, 0.2) is 0 Å². The lowest BCUT2D eigenvalue weighted by atomic mass is 10.0.